The normalized spacial score (nSPS) is 14.9. The first kappa shape index (κ1) is 19.4. The monoisotopic (exact) mass is 403 g/mol. The first-order valence-electron chi connectivity index (χ1n) is 9.58. The molecule has 1 amide bonds. The van der Waals surface area contributed by atoms with Gasteiger partial charge in [-0.15, -0.1) is 0 Å². The summed E-state index contributed by atoms with van der Waals surface area (Å²) in [7, 11) is 1.59. The number of anilines is 2. The van der Waals surface area contributed by atoms with Crippen LogP contribution in [0.15, 0.2) is 66.9 Å². The van der Waals surface area contributed by atoms with Gasteiger partial charge in [-0.3, -0.25) is 14.7 Å². The molecule has 3 aromatic rings. The summed E-state index contributed by atoms with van der Waals surface area (Å²) in [4.78, 5) is 31.1. The molecular weight excluding hydrogens is 382 g/mol. The van der Waals surface area contributed by atoms with Gasteiger partial charge in [-0.05, 0) is 55.5 Å². The van der Waals surface area contributed by atoms with E-state index in [1.165, 1.54) is 0 Å². The van der Waals surface area contributed by atoms with Gasteiger partial charge < -0.3 is 14.8 Å². The molecule has 7 heteroatoms. The summed E-state index contributed by atoms with van der Waals surface area (Å²) >= 11 is 0. The number of esters is 1. The Morgan fingerprint density at radius 1 is 1.13 bits per heavy atom. The van der Waals surface area contributed by atoms with Crippen molar-refractivity contribution in [2.45, 2.75) is 13.1 Å². The van der Waals surface area contributed by atoms with Crippen LogP contribution in [0.5, 0.6) is 5.75 Å². The number of nitrogens with zero attached hydrogens (tertiary/aromatic N) is 2. The van der Waals surface area contributed by atoms with Crippen molar-refractivity contribution in [1.29, 1.82) is 0 Å². The molecule has 0 radical (unpaired) electrons. The fraction of sp³-hybridized carbons (Fsp3) is 0.174. The van der Waals surface area contributed by atoms with E-state index in [1.54, 1.807) is 61.5 Å². The molecule has 0 unspecified atom stereocenters. The van der Waals surface area contributed by atoms with E-state index >= 15 is 0 Å². The van der Waals surface area contributed by atoms with Gasteiger partial charge in [0.05, 0.1) is 36.2 Å². The second kappa shape index (κ2) is 8.24. The Balaban J connectivity index is 1.68. The molecular formula is C23H21N3O4. The van der Waals surface area contributed by atoms with E-state index in [-0.39, 0.29) is 11.9 Å². The van der Waals surface area contributed by atoms with Crippen molar-refractivity contribution in [2.24, 2.45) is 0 Å². The number of carbonyl (C=O) groups excluding carboxylic acids is 2. The molecule has 0 saturated carbocycles. The Morgan fingerprint density at radius 3 is 2.67 bits per heavy atom. The van der Waals surface area contributed by atoms with Crippen LogP contribution >= 0.6 is 0 Å². The second-order valence-electron chi connectivity index (χ2n) is 6.66. The number of benzene rings is 2. The fourth-order valence-corrected chi connectivity index (χ4v) is 3.42. The van der Waals surface area contributed by atoms with Crippen molar-refractivity contribution in [3.05, 3.63) is 83.7 Å². The first-order chi connectivity index (χ1) is 14.6. The molecule has 0 saturated heterocycles. The number of ether oxygens (including phenoxy) is 2. The number of amides is 1. The zero-order chi connectivity index (χ0) is 21.1. The maximum absolute atomic E-state index is 13.2. The number of aromatic nitrogens is 1. The van der Waals surface area contributed by atoms with Crippen LogP contribution in [0.3, 0.4) is 0 Å². The molecule has 1 aliphatic heterocycles. The molecule has 1 aliphatic rings. The minimum Gasteiger partial charge on any atom is -0.497 e. The van der Waals surface area contributed by atoms with Crippen LogP contribution in [0, 0.1) is 0 Å². The molecule has 7 nitrogen and oxygen atoms in total. The molecule has 2 aromatic carbocycles. The average Bonchev–Trinajstić information content (AvgIpc) is 3.06. The number of carbonyl (C=O) groups is 2. The minimum absolute atomic E-state index is 0.146. The summed E-state index contributed by atoms with van der Waals surface area (Å²) in [6.07, 6.45) is 1.16. The van der Waals surface area contributed by atoms with Gasteiger partial charge in [-0.1, -0.05) is 6.07 Å². The van der Waals surface area contributed by atoms with Crippen molar-refractivity contribution >= 4 is 23.3 Å². The highest BCUT2D eigenvalue weighted by molar-refractivity contribution is 6.11. The zero-order valence-corrected chi connectivity index (χ0v) is 16.7. The topological polar surface area (TPSA) is 80.8 Å². The van der Waals surface area contributed by atoms with E-state index < -0.39 is 6.17 Å². The van der Waals surface area contributed by atoms with Gasteiger partial charge in [0.15, 0.2) is 6.17 Å². The predicted molar refractivity (Wildman–Crippen MR) is 113 cm³/mol. The van der Waals surface area contributed by atoms with Crippen molar-refractivity contribution < 1.29 is 19.1 Å². The van der Waals surface area contributed by atoms with Gasteiger partial charge in [0.2, 0.25) is 0 Å². The van der Waals surface area contributed by atoms with Crippen LogP contribution in [-0.2, 0) is 4.74 Å². The van der Waals surface area contributed by atoms with Crippen LogP contribution in [-0.4, -0.2) is 30.6 Å². The van der Waals surface area contributed by atoms with Gasteiger partial charge in [0.1, 0.15) is 5.75 Å². The van der Waals surface area contributed by atoms with Crippen LogP contribution in [0.1, 0.15) is 39.5 Å². The highest BCUT2D eigenvalue weighted by Crippen LogP contribution is 2.37. The number of hydrogen-bond donors (Lipinski definition) is 1. The number of fused-ring (bicyclic) bond motifs is 1. The molecule has 0 bridgehead atoms. The molecule has 30 heavy (non-hydrogen) atoms. The largest absolute Gasteiger partial charge is 0.497 e. The van der Waals surface area contributed by atoms with E-state index in [9.17, 15) is 9.59 Å². The number of rotatable bonds is 6. The number of nitrogens with one attached hydrogen (secondary N) is 1. The van der Waals surface area contributed by atoms with E-state index in [0.29, 0.717) is 34.9 Å². The van der Waals surface area contributed by atoms with Crippen molar-refractivity contribution in [3.8, 4) is 5.75 Å². The molecule has 1 aromatic heterocycles. The predicted octanol–water partition coefficient (Wildman–Crippen LogP) is 4.04. The molecule has 0 spiro atoms. The van der Waals surface area contributed by atoms with Crippen molar-refractivity contribution in [2.75, 3.05) is 23.9 Å². The second-order valence-corrected chi connectivity index (χ2v) is 6.66. The third-order valence-electron chi connectivity index (χ3n) is 4.84. The van der Waals surface area contributed by atoms with Crippen molar-refractivity contribution in [1.82, 2.24) is 4.98 Å². The summed E-state index contributed by atoms with van der Waals surface area (Å²) in [6.45, 7) is 2.09. The van der Waals surface area contributed by atoms with Crippen molar-refractivity contribution in [3.63, 3.8) is 0 Å². The average molecular weight is 403 g/mol. The molecule has 0 aliphatic carbocycles. The quantitative estimate of drug-likeness (QED) is 0.626. The summed E-state index contributed by atoms with van der Waals surface area (Å²) in [5.41, 5.74) is 3.08. The van der Waals surface area contributed by atoms with Gasteiger partial charge >= 0.3 is 5.97 Å². The lowest BCUT2D eigenvalue weighted by Gasteiger charge is -2.27. The fourth-order valence-electron chi connectivity index (χ4n) is 3.42. The summed E-state index contributed by atoms with van der Waals surface area (Å²) in [5, 5.41) is 3.36. The lowest BCUT2D eigenvalue weighted by atomic mass is 10.2. The zero-order valence-electron chi connectivity index (χ0n) is 16.7. The molecule has 1 N–H and O–H groups in total. The molecule has 152 valence electrons. The summed E-state index contributed by atoms with van der Waals surface area (Å²) in [5.74, 6) is 0.138. The highest BCUT2D eigenvalue weighted by atomic mass is 16.5. The maximum Gasteiger partial charge on any atom is 0.338 e. The summed E-state index contributed by atoms with van der Waals surface area (Å²) < 4.78 is 10.3. The Kier molecular flexibility index (Phi) is 5.34. The smallest absolute Gasteiger partial charge is 0.338 e. The standard InChI is InChI=1S/C23H21N3O4/c1-3-30-23(28)15-9-11-16(12-10-15)25-21-20-19(8-5-13-24-20)22(27)26(21)17-6-4-7-18(14-17)29-2/h4-14,21,25H,3H2,1-2H3/t21-/m0/s1. The van der Waals surface area contributed by atoms with E-state index in [2.05, 4.69) is 10.3 Å². The lowest BCUT2D eigenvalue weighted by Crippen LogP contribution is -2.32. The van der Waals surface area contributed by atoms with Gasteiger partial charge in [0, 0.05) is 18.0 Å². The van der Waals surface area contributed by atoms with Crippen LogP contribution in [0.4, 0.5) is 11.4 Å². The van der Waals surface area contributed by atoms with E-state index in [0.717, 1.165) is 5.69 Å². The molecule has 1 atom stereocenters. The third-order valence-corrected chi connectivity index (χ3v) is 4.84. The molecule has 0 fully saturated rings. The van der Waals surface area contributed by atoms with Crippen LogP contribution in [0.2, 0.25) is 0 Å². The van der Waals surface area contributed by atoms with Gasteiger partial charge in [-0.2, -0.15) is 0 Å². The van der Waals surface area contributed by atoms with E-state index in [4.69, 9.17) is 9.47 Å². The van der Waals surface area contributed by atoms with Gasteiger partial charge in [0.25, 0.3) is 5.91 Å². The number of methoxy groups -OCH3 is 1. The lowest BCUT2D eigenvalue weighted by molar-refractivity contribution is 0.0526. The van der Waals surface area contributed by atoms with Gasteiger partial charge in [-0.25, -0.2) is 4.79 Å². The maximum atomic E-state index is 13.2. The third kappa shape index (κ3) is 3.57. The minimum atomic E-state index is -0.505. The Morgan fingerprint density at radius 2 is 1.93 bits per heavy atom. The highest BCUT2D eigenvalue weighted by Gasteiger charge is 2.39. The number of hydrogen-bond acceptors (Lipinski definition) is 6. The van der Waals surface area contributed by atoms with Crippen LogP contribution in [0.25, 0.3) is 0 Å². The Bertz CT molecular complexity index is 1080. The Labute approximate surface area is 174 Å². The molecule has 4 rings (SSSR count). The van der Waals surface area contributed by atoms with E-state index in [1.807, 2.05) is 24.3 Å². The summed E-state index contributed by atoms with van der Waals surface area (Å²) in [6, 6.07) is 17.8. The number of pyridine rings is 1. The van der Waals surface area contributed by atoms with Crippen LogP contribution < -0.4 is 15.0 Å². The SMILES string of the molecule is CCOC(=O)c1ccc(N[C@@H]2c3ncccc3C(=O)N2c2cccc(OC)c2)cc1. The Hall–Kier alpha value is -3.87. The molecule has 2 heterocycles. The first-order valence-corrected chi connectivity index (χ1v) is 9.58.